The van der Waals surface area contributed by atoms with Crippen LogP contribution in [0, 0.1) is 0 Å². The summed E-state index contributed by atoms with van der Waals surface area (Å²) < 4.78 is 11.3. The molecule has 0 radical (unpaired) electrons. The van der Waals surface area contributed by atoms with Crippen LogP contribution in [0.2, 0.25) is 0 Å². The molecule has 0 aliphatic rings. The van der Waals surface area contributed by atoms with E-state index in [2.05, 4.69) is 21.2 Å². The van der Waals surface area contributed by atoms with E-state index in [-0.39, 0.29) is 5.91 Å². The number of methoxy groups -OCH3 is 1. The van der Waals surface area contributed by atoms with Crippen molar-refractivity contribution in [3.05, 3.63) is 28.2 Å². The van der Waals surface area contributed by atoms with Gasteiger partial charge in [0, 0.05) is 24.2 Å². The van der Waals surface area contributed by atoms with Crippen molar-refractivity contribution in [2.45, 2.75) is 13.3 Å². The van der Waals surface area contributed by atoms with Gasteiger partial charge in [0.25, 0.3) is 5.91 Å². The Hall–Kier alpha value is -1.07. The molecule has 1 aromatic carbocycles. The largest absolute Gasteiger partial charge is 0.496 e. The van der Waals surface area contributed by atoms with E-state index in [1.165, 1.54) is 0 Å². The molecule has 0 aliphatic carbocycles. The summed E-state index contributed by atoms with van der Waals surface area (Å²) in [7, 11) is 1.55. The second-order valence-electron chi connectivity index (χ2n) is 3.65. The minimum absolute atomic E-state index is 0.129. The fourth-order valence-electron chi connectivity index (χ4n) is 1.47. The highest BCUT2D eigenvalue weighted by Gasteiger charge is 2.11. The quantitative estimate of drug-likeness (QED) is 0.787. The van der Waals surface area contributed by atoms with Crippen LogP contribution >= 0.6 is 15.9 Å². The van der Waals surface area contributed by atoms with Gasteiger partial charge in [-0.2, -0.15) is 0 Å². The molecule has 0 aliphatic heterocycles. The smallest absolute Gasteiger partial charge is 0.255 e. The van der Waals surface area contributed by atoms with Crippen molar-refractivity contribution in [3.8, 4) is 5.75 Å². The molecule has 18 heavy (non-hydrogen) atoms. The number of ether oxygens (including phenoxy) is 2. The Morgan fingerprint density at radius 3 is 2.89 bits per heavy atom. The van der Waals surface area contributed by atoms with Crippen molar-refractivity contribution in [2.24, 2.45) is 0 Å². The summed E-state index contributed by atoms with van der Waals surface area (Å²) in [6.07, 6.45) is 0.804. The van der Waals surface area contributed by atoms with Gasteiger partial charge >= 0.3 is 0 Å². The molecule has 4 nitrogen and oxygen atoms in total. The van der Waals surface area contributed by atoms with Crippen molar-refractivity contribution in [2.75, 3.05) is 26.9 Å². The van der Waals surface area contributed by atoms with Crippen molar-refractivity contribution in [1.29, 1.82) is 0 Å². The zero-order chi connectivity index (χ0) is 13.4. The molecule has 1 N–H and O–H groups in total. The second-order valence-corrected chi connectivity index (χ2v) is 4.57. The third-order valence-corrected chi connectivity index (χ3v) is 2.86. The molecule has 0 fully saturated rings. The number of carbonyl (C=O) groups excluding carboxylic acids is 1. The van der Waals surface area contributed by atoms with Gasteiger partial charge in [-0.1, -0.05) is 15.9 Å². The summed E-state index contributed by atoms with van der Waals surface area (Å²) in [5, 5.41) is 2.84. The summed E-state index contributed by atoms with van der Waals surface area (Å²) in [5.41, 5.74) is 0.539. The van der Waals surface area contributed by atoms with Gasteiger partial charge in [0.05, 0.1) is 12.7 Å². The Labute approximate surface area is 116 Å². The van der Waals surface area contributed by atoms with Gasteiger partial charge in [-0.15, -0.1) is 0 Å². The van der Waals surface area contributed by atoms with Crippen LogP contribution in [0.3, 0.4) is 0 Å². The molecule has 100 valence electrons. The van der Waals surface area contributed by atoms with Crippen molar-refractivity contribution in [1.82, 2.24) is 5.32 Å². The molecule has 0 spiro atoms. The van der Waals surface area contributed by atoms with Crippen LogP contribution < -0.4 is 10.1 Å². The van der Waals surface area contributed by atoms with E-state index >= 15 is 0 Å². The van der Waals surface area contributed by atoms with Crippen LogP contribution in [0.4, 0.5) is 0 Å². The highest BCUT2D eigenvalue weighted by molar-refractivity contribution is 9.10. The SMILES string of the molecule is CCOCCCNC(=O)c1ccc(Br)cc1OC. The third kappa shape index (κ3) is 4.66. The van der Waals surface area contributed by atoms with Crippen LogP contribution in [0.15, 0.2) is 22.7 Å². The zero-order valence-corrected chi connectivity index (χ0v) is 12.2. The summed E-state index contributed by atoms with van der Waals surface area (Å²) in [6, 6.07) is 5.33. The summed E-state index contributed by atoms with van der Waals surface area (Å²) >= 11 is 3.34. The lowest BCUT2D eigenvalue weighted by Gasteiger charge is -2.09. The van der Waals surface area contributed by atoms with Crippen molar-refractivity contribution in [3.63, 3.8) is 0 Å². The van der Waals surface area contributed by atoms with Crippen LogP contribution in [0.25, 0.3) is 0 Å². The lowest BCUT2D eigenvalue weighted by molar-refractivity contribution is 0.0941. The van der Waals surface area contributed by atoms with Gasteiger partial charge < -0.3 is 14.8 Å². The number of hydrogen-bond donors (Lipinski definition) is 1. The number of amides is 1. The number of carbonyl (C=O) groups is 1. The van der Waals surface area contributed by atoms with E-state index in [9.17, 15) is 4.79 Å². The van der Waals surface area contributed by atoms with Crippen LogP contribution in [-0.4, -0.2) is 32.8 Å². The standard InChI is InChI=1S/C13H18BrNO3/c1-3-18-8-4-7-15-13(16)11-6-5-10(14)9-12(11)17-2/h5-6,9H,3-4,7-8H2,1-2H3,(H,15,16). The molecule has 1 rings (SSSR count). The maximum Gasteiger partial charge on any atom is 0.255 e. The van der Waals surface area contributed by atoms with E-state index in [1.54, 1.807) is 19.2 Å². The number of hydrogen-bond acceptors (Lipinski definition) is 3. The minimum atomic E-state index is -0.129. The van der Waals surface area contributed by atoms with Crippen molar-refractivity contribution >= 4 is 21.8 Å². The van der Waals surface area contributed by atoms with Gasteiger partial charge in [-0.05, 0) is 31.5 Å². The fourth-order valence-corrected chi connectivity index (χ4v) is 1.81. The molecule has 0 atom stereocenters. The van der Waals surface area contributed by atoms with Crippen LogP contribution in [0.5, 0.6) is 5.75 Å². The molecule has 1 amide bonds. The predicted molar refractivity (Wildman–Crippen MR) is 74.1 cm³/mol. The summed E-state index contributed by atoms with van der Waals surface area (Å²) in [5.74, 6) is 0.433. The molecule has 1 aromatic rings. The molecular formula is C13H18BrNO3. The monoisotopic (exact) mass is 315 g/mol. The van der Waals surface area contributed by atoms with E-state index < -0.39 is 0 Å². The molecule has 0 heterocycles. The van der Waals surface area contributed by atoms with Gasteiger partial charge in [-0.25, -0.2) is 0 Å². The molecular weight excluding hydrogens is 298 g/mol. The maximum absolute atomic E-state index is 11.9. The third-order valence-electron chi connectivity index (χ3n) is 2.36. The Balaban J connectivity index is 2.51. The topological polar surface area (TPSA) is 47.6 Å². The first kappa shape index (κ1) is 15.0. The Morgan fingerprint density at radius 2 is 2.22 bits per heavy atom. The predicted octanol–water partition coefficient (Wildman–Crippen LogP) is 2.61. The molecule has 0 bridgehead atoms. The lowest BCUT2D eigenvalue weighted by atomic mass is 10.2. The van der Waals surface area contributed by atoms with E-state index in [4.69, 9.17) is 9.47 Å². The zero-order valence-electron chi connectivity index (χ0n) is 10.7. The average Bonchev–Trinajstić information content (AvgIpc) is 2.38. The molecule has 5 heteroatoms. The summed E-state index contributed by atoms with van der Waals surface area (Å²) in [4.78, 5) is 11.9. The average molecular weight is 316 g/mol. The first-order valence-corrected chi connectivity index (χ1v) is 6.67. The van der Waals surface area contributed by atoms with E-state index in [0.29, 0.717) is 31.1 Å². The molecule has 0 unspecified atom stereocenters. The number of benzene rings is 1. The number of halogens is 1. The van der Waals surface area contributed by atoms with Gasteiger partial charge in [-0.3, -0.25) is 4.79 Å². The maximum atomic E-state index is 11.9. The normalized spacial score (nSPS) is 10.2. The molecule has 0 aromatic heterocycles. The summed E-state index contributed by atoms with van der Waals surface area (Å²) in [6.45, 7) is 3.91. The van der Waals surface area contributed by atoms with Gasteiger partial charge in [0.2, 0.25) is 0 Å². The second kappa shape index (κ2) is 8.11. The van der Waals surface area contributed by atoms with Crippen LogP contribution in [-0.2, 0) is 4.74 Å². The number of nitrogens with one attached hydrogen (secondary N) is 1. The van der Waals surface area contributed by atoms with E-state index in [0.717, 1.165) is 10.9 Å². The van der Waals surface area contributed by atoms with Crippen molar-refractivity contribution < 1.29 is 14.3 Å². The lowest BCUT2D eigenvalue weighted by Crippen LogP contribution is -2.25. The Kier molecular flexibility index (Phi) is 6.75. The minimum Gasteiger partial charge on any atom is -0.496 e. The first-order chi connectivity index (χ1) is 8.69. The van der Waals surface area contributed by atoms with Gasteiger partial charge in [0.15, 0.2) is 0 Å². The number of rotatable bonds is 7. The fraction of sp³-hybridized carbons (Fsp3) is 0.462. The Bertz CT molecular complexity index is 396. The Morgan fingerprint density at radius 1 is 1.44 bits per heavy atom. The highest BCUT2D eigenvalue weighted by Crippen LogP contribution is 2.23. The van der Waals surface area contributed by atoms with Gasteiger partial charge in [0.1, 0.15) is 5.75 Å². The van der Waals surface area contributed by atoms with E-state index in [1.807, 2.05) is 13.0 Å². The highest BCUT2D eigenvalue weighted by atomic mass is 79.9. The first-order valence-electron chi connectivity index (χ1n) is 5.88. The molecule has 0 saturated heterocycles. The molecule has 0 saturated carbocycles. The van der Waals surface area contributed by atoms with Crippen LogP contribution in [0.1, 0.15) is 23.7 Å².